The van der Waals surface area contributed by atoms with Gasteiger partial charge in [-0.1, -0.05) is 20.3 Å². The second-order valence-corrected chi connectivity index (χ2v) is 6.94. The second kappa shape index (κ2) is 9.74. The molecule has 4 nitrogen and oxygen atoms in total. The first-order valence-electron chi connectivity index (χ1n) is 8.80. The summed E-state index contributed by atoms with van der Waals surface area (Å²) in [6.07, 6.45) is 9.51. The number of ether oxygens (including phenoxy) is 1. The van der Waals surface area contributed by atoms with Crippen molar-refractivity contribution < 1.29 is 9.53 Å². The number of halogens is 1. The summed E-state index contributed by atoms with van der Waals surface area (Å²) in [6, 6.07) is -0.313. The van der Waals surface area contributed by atoms with Crippen LogP contribution in [0.2, 0.25) is 0 Å². The van der Waals surface area contributed by atoms with Gasteiger partial charge in [0.05, 0.1) is 18.2 Å². The molecule has 0 aromatic rings. The zero-order valence-electron chi connectivity index (χ0n) is 14.1. The van der Waals surface area contributed by atoms with Gasteiger partial charge in [0.2, 0.25) is 5.91 Å². The molecule has 0 radical (unpaired) electrons. The van der Waals surface area contributed by atoms with Crippen LogP contribution in [0.5, 0.6) is 0 Å². The number of carbonyl (C=O) groups is 1. The minimum atomic E-state index is -0.313. The molecule has 1 aliphatic carbocycles. The standard InChI is InChI=1S/C17H32N2O2.ClH/c1-3-4-16(18)17(20)19-11-9-15(10-12-19)21-14-7-5-13(2)6-8-14;/h13-16H,3-12,18H2,1-2H3;1H. The molecule has 22 heavy (non-hydrogen) atoms. The van der Waals surface area contributed by atoms with Crippen molar-refractivity contribution in [3.05, 3.63) is 0 Å². The summed E-state index contributed by atoms with van der Waals surface area (Å²) in [5.41, 5.74) is 5.93. The molecule has 1 heterocycles. The lowest BCUT2D eigenvalue weighted by Gasteiger charge is -2.36. The maximum absolute atomic E-state index is 12.2. The predicted molar refractivity (Wildman–Crippen MR) is 92.2 cm³/mol. The van der Waals surface area contributed by atoms with E-state index in [9.17, 15) is 4.79 Å². The third kappa shape index (κ3) is 5.71. The average molecular weight is 333 g/mol. The molecule has 1 amide bonds. The van der Waals surface area contributed by atoms with Crippen molar-refractivity contribution in [3.63, 3.8) is 0 Å². The number of piperidine rings is 1. The number of likely N-dealkylation sites (tertiary alicyclic amines) is 1. The van der Waals surface area contributed by atoms with Crippen molar-refractivity contribution in [2.45, 2.75) is 83.5 Å². The molecule has 1 aliphatic heterocycles. The number of rotatable bonds is 5. The van der Waals surface area contributed by atoms with Crippen molar-refractivity contribution in [3.8, 4) is 0 Å². The highest BCUT2D eigenvalue weighted by Crippen LogP contribution is 2.28. The van der Waals surface area contributed by atoms with Crippen LogP contribution in [0.15, 0.2) is 0 Å². The van der Waals surface area contributed by atoms with Gasteiger partial charge in [0, 0.05) is 13.1 Å². The first-order valence-corrected chi connectivity index (χ1v) is 8.80. The molecular weight excluding hydrogens is 300 g/mol. The Balaban J connectivity index is 0.00000242. The quantitative estimate of drug-likeness (QED) is 0.841. The Morgan fingerprint density at radius 1 is 1.14 bits per heavy atom. The fourth-order valence-corrected chi connectivity index (χ4v) is 3.52. The predicted octanol–water partition coefficient (Wildman–Crippen LogP) is 3.12. The van der Waals surface area contributed by atoms with Crippen LogP contribution >= 0.6 is 12.4 Å². The summed E-state index contributed by atoms with van der Waals surface area (Å²) >= 11 is 0. The average Bonchev–Trinajstić information content (AvgIpc) is 2.50. The smallest absolute Gasteiger partial charge is 0.239 e. The lowest BCUT2D eigenvalue weighted by Crippen LogP contribution is -2.48. The van der Waals surface area contributed by atoms with Gasteiger partial charge in [-0.2, -0.15) is 0 Å². The molecule has 2 aliphatic rings. The molecule has 0 spiro atoms. The van der Waals surface area contributed by atoms with E-state index in [0.717, 1.165) is 44.7 Å². The van der Waals surface area contributed by atoms with Crippen LogP contribution in [0.25, 0.3) is 0 Å². The van der Waals surface area contributed by atoms with Crippen molar-refractivity contribution in [2.24, 2.45) is 11.7 Å². The Bertz CT molecular complexity index is 325. The highest BCUT2D eigenvalue weighted by atomic mass is 35.5. The maximum Gasteiger partial charge on any atom is 0.239 e. The monoisotopic (exact) mass is 332 g/mol. The van der Waals surface area contributed by atoms with Crippen LogP contribution in [0, 0.1) is 5.92 Å². The molecule has 0 bridgehead atoms. The molecule has 130 valence electrons. The zero-order chi connectivity index (χ0) is 15.2. The minimum absolute atomic E-state index is 0. The molecule has 1 atom stereocenters. The molecule has 2 fully saturated rings. The van der Waals surface area contributed by atoms with E-state index in [2.05, 4.69) is 13.8 Å². The molecule has 5 heteroatoms. The Hall–Kier alpha value is -0.320. The largest absolute Gasteiger partial charge is 0.375 e. The zero-order valence-corrected chi connectivity index (χ0v) is 14.9. The molecular formula is C17H33ClN2O2. The second-order valence-electron chi connectivity index (χ2n) is 6.94. The minimum Gasteiger partial charge on any atom is -0.375 e. The summed E-state index contributed by atoms with van der Waals surface area (Å²) < 4.78 is 6.25. The first kappa shape index (κ1) is 19.7. The Labute approximate surface area is 141 Å². The summed E-state index contributed by atoms with van der Waals surface area (Å²) in [6.45, 7) is 6.02. The molecule has 2 N–H and O–H groups in total. The van der Waals surface area contributed by atoms with Crippen molar-refractivity contribution in [2.75, 3.05) is 13.1 Å². The number of nitrogens with two attached hydrogens (primary N) is 1. The van der Waals surface area contributed by atoms with Gasteiger partial charge in [-0.15, -0.1) is 12.4 Å². The lowest BCUT2D eigenvalue weighted by atomic mass is 9.88. The summed E-state index contributed by atoms with van der Waals surface area (Å²) in [5, 5.41) is 0. The van der Waals surface area contributed by atoms with Gasteiger partial charge in [0.25, 0.3) is 0 Å². The van der Waals surface area contributed by atoms with Crippen LogP contribution < -0.4 is 5.73 Å². The topological polar surface area (TPSA) is 55.6 Å². The van der Waals surface area contributed by atoms with Gasteiger partial charge in [0.1, 0.15) is 0 Å². The fraction of sp³-hybridized carbons (Fsp3) is 0.941. The Morgan fingerprint density at radius 2 is 1.68 bits per heavy atom. The molecule has 1 unspecified atom stereocenters. The van der Waals surface area contributed by atoms with Gasteiger partial charge < -0.3 is 15.4 Å². The Morgan fingerprint density at radius 3 is 2.23 bits per heavy atom. The van der Waals surface area contributed by atoms with E-state index < -0.39 is 0 Å². The van der Waals surface area contributed by atoms with Gasteiger partial charge in [-0.05, 0) is 50.9 Å². The van der Waals surface area contributed by atoms with Crippen molar-refractivity contribution >= 4 is 18.3 Å². The summed E-state index contributed by atoms with van der Waals surface area (Å²) in [7, 11) is 0. The van der Waals surface area contributed by atoms with Gasteiger partial charge in [-0.3, -0.25) is 4.79 Å². The van der Waals surface area contributed by atoms with Crippen LogP contribution in [0.1, 0.15) is 65.2 Å². The van der Waals surface area contributed by atoms with Gasteiger partial charge in [0.15, 0.2) is 0 Å². The first-order chi connectivity index (χ1) is 10.1. The summed E-state index contributed by atoms with van der Waals surface area (Å²) in [4.78, 5) is 14.1. The normalized spacial score (nSPS) is 28.0. The van der Waals surface area contributed by atoms with Crippen LogP contribution in [0.3, 0.4) is 0 Å². The summed E-state index contributed by atoms with van der Waals surface area (Å²) in [5.74, 6) is 0.992. The molecule has 0 aromatic carbocycles. The van der Waals surface area contributed by atoms with Crippen molar-refractivity contribution in [1.82, 2.24) is 4.90 Å². The van der Waals surface area contributed by atoms with E-state index in [1.165, 1.54) is 25.7 Å². The lowest BCUT2D eigenvalue weighted by molar-refractivity contribution is -0.136. The van der Waals surface area contributed by atoms with E-state index in [-0.39, 0.29) is 24.4 Å². The van der Waals surface area contributed by atoms with E-state index in [1.807, 2.05) is 4.90 Å². The maximum atomic E-state index is 12.2. The van der Waals surface area contributed by atoms with Crippen molar-refractivity contribution in [1.29, 1.82) is 0 Å². The molecule has 1 saturated carbocycles. The number of nitrogens with zero attached hydrogens (tertiary/aromatic N) is 1. The van der Waals surface area contributed by atoms with E-state index in [1.54, 1.807) is 0 Å². The molecule has 2 rings (SSSR count). The SMILES string of the molecule is CCCC(N)C(=O)N1CCC(OC2CCC(C)CC2)CC1.Cl. The third-order valence-corrected chi connectivity index (χ3v) is 5.02. The van der Waals surface area contributed by atoms with E-state index >= 15 is 0 Å². The van der Waals surface area contributed by atoms with Gasteiger partial charge in [-0.25, -0.2) is 0 Å². The number of carbonyl (C=O) groups excluding carboxylic acids is 1. The van der Waals surface area contributed by atoms with Crippen LogP contribution in [-0.2, 0) is 9.53 Å². The fourth-order valence-electron chi connectivity index (χ4n) is 3.52. The van der Waals surface area contributed by atoms with Crippen LogP contribution in [0.4, 0.5) is 0 Å². The van der Waals surface area contributed by atoms with E-state index in [4.69, 9.17) is 10.5 Å². The number of hydrogen-bond acceptors (Lipinski definition) is 3. The van der Waals surface area contributed by atoms with E-state index in [0.29, 0.717) is 12.2 Å². The number of hydrogen-bond donors (Lipinski definition) is 1. The van der Waals surface area contributed by atoms with Gasteiger partial charge >= 0.3 is 0 Å². The molecule has 1 saturated heterocycles. The highest BCUT2D eigenvalue weighted by Gasteiger charge is 2.28. The number of amides is 1. The highest BCUT2D eigenvalue weighted by molar-refractivity contribution is 5.85. The van der Waals surface area contributed by atoms with Crippen LogP contribution in [-0.4, -0.2) is 42.1 Å². The molecule has 0 aromatic heterocycles. The third-order valence-electron chi connectivity index (χ3n) is 5.02. The Kier molecular flexibility index (Phi) is 8.73.